The topological polar surface area (TPSA) is 61.8 Å². The van der Waals surface area contributed by atoms with Crippen LogP contribution in [-0.2, 0) is 10.2 Å². The summed E-state index contributed by atoms with van der Waals surface area (Å²) in [4.78, 5) is 4.02. The SMILES string of the molecule is FC(F)(F)Oc1ccc(NCC2(c3ccc4c(c3)OCO4)CCOCC2)nc1. The first kappa shape index (κ1) is 18.7. The van der Waals surface area contributed by atoms with Gasteiger partial charge in [0, 0.05) is 25.2 Å². The van der Waals surface area contributed by atoms with Crippen LogP contribution in [0.1, 0.15) is 18.4 Å². The van der Waals surface area contributed by atoms with Gasteiger partial charge in [-0.25, -0.2) is 4.98 Å². The summed E-state index contributed by atoms with van der Waals surface area (Å²) >= 11 is 0. The van der Waals surface area contributed by atoms with Crippen molar-refractivity contribution >= 4 is 5.82 Å². The highest BCUT2D eigenvalue weighted by Gasteiger charge is 2.36. The van der Waals surface area contributed by atoms with Crippen LogP contribution in [0.5, 0.6) is 17.2 Å². The number of nitrogens with zero attached hydrogens (tertiary/aromatic N) is 1. The standard InChI is InChI=1S/C19H19F3N2O4/c20-19(21,22)28-14-2-4-17(23-10-14)24-11-18(5-7-25-8-6-18)13-1-3-15-16(9-13)27-12-26-15/h1-4,9-10H,5-8,11-12H2,(H,23,24). The van der Waals surface area contributed by atoms with Crippen molar-refractivity contribution in [3.63, 3.8) is 0 Å². The molecule has 28 heavy (non-hydrogen) atoms. The van der Waals surface area contributed by atoms with Gasteiger partial charge in [0.25, 0.3) is 0 Å². The van der Waals surface area contributed by atoms with Gasteiger partial charge < -0.3 is 24.3 Å². The summed E-state index contributed by atoms with van der Waals surface area (Å²) in [6.45, 7) is 2.02. The number of alkyl halides is 3. The van der Waals surface area contributed by atoms with E-state index >= 15 is 0 Å². The molecule has 9 heteroatoms. The minimum atomic E-state index is -4.73. The van der Waals surface area contributed by atoms with Crippen molar-refractivity contribution in [2.75, 3.05) is 31.9 Å². The number of anilines is 1. The average molecular weight is 396 g/mol. The Balaban J connectivity index is 1.50. The summed E-state index contributed by atoms with van der Waals surface area (Å²) < 4.78 is 57.1. The lowest BCUT2D eigenvalue weighted by molar-refractivity contribution is -0.274. The third-order valence-corrected chi connectivity index (χ3v) is 5.01. The van der Waals surface area contributed by atoms with Crippen LogP contribution >= 0.6 is 0 Å². The van der Waals surface area contributed by atoms with Crippen molar-refractivity contribution in [2.24, 2.45) is 0 Å². The molecule has 0 saturated carbocycles. The Morgan fingerprint density at radius 2 is 1.86 bits per heavy atom. The van der Waals surface area contributed by atoms with E-state index in [-0.39, 0.29) is 18.0 Å². The predicted molar refractivity (Wildman–Crippen MR) is 93.7 cm³/mol. The summed E-state index contributed by atoms with van der Waals surface area (Å²) in [6, 6.07) is 8.61. The molecule has 1 N–H and O–H groups in total. The van der Waals surface area contributed by atoms with Crippen molar-refractivity contribution in [1.29, 1.82) is 0 Å². The van der Waals surface area contributed by atoms with Crippen LogP contribution in [-0.4, -0.2) is 37.9 Å². The van der Waals surface area contributed by atoms with E-state index in [4.69, 9.17) is 14.2 Å². The van der Waals surface area contributed by atoms with Crippen LogP contribution in [0.2, 0.25) is 0 Å². The Labute approximate surface area is 159 Å². The van der Waals surface area contributed by atoms with Gasteiger partial charge in [0.05, 0.1) is 6.20 Å². The lowest BCUT2D eigenvalue weighted by Crippen LogP contribution is -2.40. The quantitative estimate of drug-likeness (QED) is 0.828. The Bertz CT molecular complexity index is 821. The summed E-state index contributed by atoms with van der Waals surface area (Å²) in [6.07, 6.45) is -2.08. The summed E-state index contributed by atoms with van der Waals surface area (Å²) in [7, 11) is 0. The maximum absolute atomic E-state index is 12.3. The van der Waals surface area contributed by atoms with Gasteiger partial charge in [0.15, 0.2) is 11.5 Å². The van der Waals surface area contributed by atoms with Gasteiger partial charge in [-0.05, 0) is 42.7 Å². The minimum absolute atomic E-state index is 0.206. The molecule has 0 bridgehead atoms. The first-order valence-corrected chi connectivity index (χ1v) is 8.87. The molecular formula is C19H19F3N2O4. The highest BCUT2D eigenvalue weighted by molar-refractivity contribution is 5.48. The molecular weight excluding hydrogens is 377 g/mol. The second kappa shape index (κ2) is 7.38. The molecule has 0 aliphatic carbocycles. The number of aromatic nitrogens is 1. The van der Waals surface area contributed by atoms with Gasteiger partial charge in [-0.3, -0.25) is 0 Å². The van der Waals surface area contributed by atoms with E-state index in [2.05, 4.69) is 15.0 Å². The van der Waals surface area contributed by atoms with Gasteiger partial charge in [-0.1, -0.05) is 6.07 Å². The van der Waals surface area contributed by atoms with E-state index in [1.54, 1.807) is 0 Å². The van der Waals surface area contributed by atoms with Gasteiger partial charge in [0.2, 0.25) is 6.79 Å². The van der Waals surface area contributed by atoms with Crippen LogP contribution in [0, 0.1) is 0 Å². The fraction of sp³-hybridized carbons (Fsp3) is 0.421. The summed E-state index contributed by atoms with van der Waals surface area (Å²) in [5.74, 6) is 1.56. The van der Waals surface area contributed by atoms with Crippen molar-refractivity contribution < 1.29 is 32.1 Å². The fourth-order valence-electron chi connectivity index (χ4n) is 3.49. The van der Waals surface area contributed by atoms with Crippen molar-refractivity contribution in [2.45, 2.75) is 24.6 Å². The van der Waals surface area contributed by atoms with Crippen LogP contribution in [0.4, 0.5) is 19.0 Å². The van der Waals surface area contributed by atoms with Gasteiger partial charge in [-0.15, -0.1) is 13.2 Å². The first-order chi connectivity index (χ1) is 13.4. The minimum Gasteiger partial charge on any atom is -0.454 e. The number of pyridine rings is 1. The van der Waals surface area contributed by atoms with E-state index in [0.717, 1.165) is 36.1 Å². The number of ether oxygens (including phenoxy) is 4. The van der Waals surface area contributed by atoms with Crippen molar-refractivity contribution in [1.82, 2.24) is 4.98 Å². The zero-order valence-corrected chi connectivity index (χ0v) is 14.9. The zero-order valence-electron chi connectivity index (χ0n) is 14.9. The lowest BCUT2D eigenvalue weighted by atomic mass is 9.74. The first-order valence-electron chi connectivity index (χ1n) is 8.87. The molecule has 0 spiro atoms. The molecule has 1 aromatic carbocycles. The Morgan fingerprint density at radius 1 is 1.07 bits per heavy atom. The zero-order chi connectivity index (χ0) is 19.6. The number of fused-ring (bicyclic) bond motifs is 1. The molecule has 6 nitrogen and oxygen atoms in total. The van der Waals surface area contributed by atoms with Crippen LogP contribution < -0.4 is 19.5 Å². The largest absolute Gasteiger partial charge is 0.573 e. The maximum atomic E-state index is 12.3. The molecule has 2 aromatic rings. The fourth-order valence-corrected chi connectivity index (χ4v) is 3.49. The summed E-state index contributed by atoms with van der Waals surface area (Å²) in [5, 5.41) is 3.24. The highest BCUT2D eigenvalue weighted by atomic mass is 19.4. The van der Waals surface area contributed by atoms with Gasteiger partial charge in [0.1, 0.15) is 11.6 Å². The molecule has 0 atom stereocenters. The normalized spacial score (nSPS) is 18.0. The number of halogens is 3. The second-order valence-electron chi connectivity index (χ2n) is 6.74. The second-order valence-corrected chi connectivity index (χ2v) is 6.74. The average Bonchev–Trinajstić information content (AvgIpc) is 3.15. The van der Waals surface area contributed by atoms with Gasteiger partial charge >= 0.3 is 6.36 Å². The van der Waals surface area contributed by atoms with Crippen LogP contribution in [0.3, 0.4) is 0 Å². The van der Waals surface area contributed by atoms with E-state index < -0.39 is 6.36 Å². The summed E-state index contributed by atoms with van der Waals surface area (Å²) in [5.41, 5.74) is 0.895. The van der Waals surface area contributed by atoms with E-state index in [1.165, 1.54) is 12.1 Å². The van der Waals surface area contributed by atoms with E-state index in [9.17, 15) is 13.2 Å². The maximum Gasteiger partial charge on any atom is 0.573 e. The molecule has 4 rings (SSSR count). The molecule has 0 radical (unpaired) electrons. The number of rotatable bonds is 5. The number of hydrogen-bond donors (Lipinski definition) is 1. The van der Waals surface area contributed by atoms with Crippen molar-refractivity contribution in [3.05, 3.63) is 42.1 Å². The van der Waals surface area contributed by atoms with Crippen LogP contribution in [0.25, 0.3) is 0 Å². The van der Waals surface area contributed by atoms with Crippen molar-refractivity contribution in [3.8, 4) is 17.2 Å². The monoisotopic (exact) mass is 396 g/mol. The molecule has 2 aliphatic rings. The Kier molecular flexibility index (Phi) is 4.92. The highest BCUT2D eigenvalue weighted by Crippen LogP contribution is 2.41. The Morgan fingerprint density at radius 3 is 2.57 bits per heavy atom. The molecule has 0 unspecified atom stereocenters. The molecule has 1 aromatic heterocycles. The smallest absolute Gasteiger partial charge is 0.454 e. The van der Waals surface area contributed by atoms with Gasteiger partial charge in [-0.2, -0.15) is 0 Å². The van der Waals surface area contributed by atoms with E-state index in [1.807, 2.05) is 18.2 Å². The number of hydrogen-bond acceptors (Lipinski definition) is 6. The molecule has 150 valence electrons. The molecule has 2 aliphatic heterocycles. The van der Waals surface area contributed by atoms with E-state index in [0.29, 0.717) is 25.6 Å². The van der Waals surface area contributed by atoms with Crippen LogP contribution in [0.15, 0.2) is 36.5 Å². The lowest BCUT2D eigenvalue weighted by Gasteiger charge is -2.38. The third kappa shape index (κ3) is 4.09. The predicted octanol–water partition coefficient (Wildman–Crippen LogP) is 3.87. The number of nitrogens with one attached hydrogen (secondary N) is 1. The number of benzene rings is 1. The molecule has 1 saturated heterocycles. The molecule has 0 amide bonds. The molecule has 3 heterocycles. The third-order valence-electron chi connectivity index (χ3n) is 5.01. The molecule has 1 fully saturated rings. The Hall–Kier alpha value is -2.68.